The van der Waals surface area contributed by atoms with Gasteiger partial charge in [-0.15, -0.1) is 0 Å². The first-order valence-corrected chi connectivity index (χ1v) is 10.7. The van der Waals surface area contributed by atoms with Gasteiger partial charge in [-0.25, -0.2) is 13.7 Å². The Balaban J connectivity index is 1.25. The van der Waals surface area contributed by atoms with Gasteiger partial charge < -0.3 is 10.1 Å². The normalized spacial score (nSPS) is 52.3. The molecule has 0 heterocycles. The summed E-state index contributed by atoms with van der Waals surface area (Å²) in [6.45, 7) is 14.0. The van der Waals surface area contributed by atoms with Gasteiger partial charge >= 0.3 is 6.09 Å². The molecule has 6 saturated carbocycles. The van der Waals surface area contributed by atoms with E-state index in [4.69, 9.17) is 4.74 Å². The van der Waals surface area contributed by atoms with Crippen LogP contribution < -0.4 is 10.0 Å². The molecule has 0 radical (unpaired) electrons. The van der Waals surface area contributed by atoms with Crippen LogP contribution in [0.4, 0.5) is 4.79 Å². The molecule has 140 valence electrons. The van der Waals surface area contributed by atoms with Gasteiger partial charge in [0, 0.05) is 6.04 Å². The molecule has 25 heavy (non-hydrogen) atoms. The molecule has 0 aromatic rings. The molecule has 6 aliphatic rings. The fraction of sp³-hybridized carbons (Fsp3) is 0.947. The van der Waals surface area contributed by atoms with Gasteiger partial charge in [-0.05, 0) is 89.4 Å². The smallest absolute Gasteiger partial charge is 0.408 e. The lowest BCUT2D eigenvalue weighted by Crippen LogP contribution is -3.16. The minimum absolute atomic E-state index is 0.0625. The lowest BCUT2D eigenvalue weighted by Gasteiger charge is -3.11. The van der Waals surface area contributed by atoms with Crippen LogP contribution in [0.5, 0.6) is 0 Å². The second-order valence-electron chi connectivity index (χ2n) is 10.9. The highest BCUT2D eigenvalue weighted by atomic mass is 32.2. The summed E-state index contributed by atoms with van der Waals surface area (Å²) in [4.78, 5) is 12.2. The highest BCUT2D eigenvalue weighted by molar-refractivity contribution is 7.84. The van der Waals surface area contributed by atoms with Crippen LogP contribution in [-0.4, -0.2) is 32.2 Å². The quantitative estimate of drug-likeness (QED) is 0.803. The van der Waals surface area contributed by atoms with Crippen LogP contribution in [0.3, 0.4) is 0 Å². The van der Waals surface area contributed by atoms with E-state index >= 15 is 0 Å². The third-order valence-electron chi connectivity index (χ3n) is 8.02. The Labute approximate surface area is 152 Å². The maximum atomic E-state index is 12.5. The molecule has 0 bridgehead atoms. The zero-order valence-corrected chi connectivity index (χ0v) is 17.0. The maximum absolute atomic E-state index is 12.5. The average molecular weight is 367 g/mol. The molecule has 6 heteroatoms. The number of amides is 1. The van der Waals surface area contributed by atoms with Gasteiger partial charge in [0.25, 0.3) is 0 Å². The lowest BCUT2D eigenvalue weighted by atomic mass is 8.93. The molecule has 0 saturated heterocycles. The standard InChI is InChI=1S/C19H30N2O3S/c1-8(21-25(23)17(5,6)7)18-9-12-10(18)14-11(18)13(9)19(12,14)20-15(22)24-16(2,3)4/h8-14,21H,1-7H3,(H,20,22)/t8-,9?,10?,11?,12?,13?,14?,18?,19?,25-/m0/s1. The van der Waals surface area contributed by atoms with Crippen LogP contribution in [0.15, 0.2) is 0 Å². The first-order valence-electron chi connectivity index (χ1n) is 9.57. The summed E-state index contributed by atoms with van der Waals surface area (Å²) in [6, 6.07) is 0.302. The van der Waals surface area contributed by atoms with Crippen molar-refractivity contribution in [2.24, 2.45) is 40.9 Å². The molecule has 0 aliphatic heterocycles. The lowest BCUT2D eigenvalue weighted by molar-refractivity contribution is -0.628. The number of ether oxygens (including phenoxy) is 1. The van der Waals surface area contributed by atoms with Crippen LogP contribution >= 0.6 is 0 Å². The minimum atomic E-state index is -1.02. The summed E-state index contributed by atoms with van der Waals surface area (Å²) >= 11 is 0. The third-order valence-corrected chi connectivity index (χ3v) is 9.70. The fourth-order valence-corrected chi connectivity index (χ4v) is 8.53. The van der Waals surface area contributed by atoms with E-state index in [1.54, 1.807) is 0 Å². The molecular formula is C19H30N2O3S. The van der Waals surface area contributed by atoms with Gasteiger partial charge in [-0.3, -0.25) is 0 Å². The molecule has 6 rings (SSSR count). The molecule has 2 atom stereocenters. The van der Waals surface area contributed by atoms with Crippen molar-refractivity contribution < 1.29 is 13.7 Å². The molecule has 6 fully saturated rings. The zero-order chi connectivity index (χ0) is 18.3. The SMILES string of the molecule is C[C@H](N[S@@](=O)C(C)(C)C)C12C3C4C1C1C2C3C41NC(=O)OC(C)(C)C. The Morgan fingerprint density at radius 2 is 1.48 bits per heavy atom. The Bertz CT molecular complexity index is 651. The monoisotopic (exact) mass is 366 g/mol. The molecule has 0 unspecified atom stereocenters. The Morgan fingerprint density at radius 3 is 1.88 bits per heavy atom. The van der Waals surface area contributed by atoms with E-state index in [0.29, 0.717) is 29.2 Å². The van der Waals surface area contributed by atoms with Crippen molar-refractivity contribution in [3.05, 3.63) is 0 Å². The maximum Gasteiger partial charge on any atom is 0.408 e. The fourth-order valence-electron chi connectivity index (χ4n) is 7.65. The van der Waals surface area contributed by atoms with Crippen LogP contribution in [0.25, 0.3) is 0 Å². The summed E-state index contributed by atoms with van der Waals surface area (Å²) in [7, 11) is -1.02. The van der Waals surface area contributed by atoms with Gasteiger partial charge in [-0.2, -0.15) is 0 Å². The van der Waals surface area contributed by atoms with Gasteiger partial charge in [0.05, 0.1) is 21.3 Å². The number of carbonyl (C=O) groups excluding carboxylic acids is 1. The molecule has 0 aromatic carbocycles. The second kappa shape index (κ2) is 4.11. The van der Waals surface area contributed by atoms with Gasteiger partial charge in [0.15, 0.2) is 0 Å². The van der Waals surface area contributed by atoms with E-state index in [9.17, 15) is 9.00 Å². The van der Waals surface area contributed by atoms with E-state index in [1.165, 1.54) is 0 Å². The van der Waals surface area contributed by atoms with Crippen molar-refractivity contribution in [3.63, 3.8) is 0 Å². The van der Waals surface area contributed by atoms with E-state index in [1.807, 2.05) is 41.5 Å². The van der Waals surface area contributed by atoms with Crippen LogP contribution in [0, 0.1) is 40.9 Å². The van der Waals surface area contributed by atoms with Crippen LogP contribution in [0.2, 0.25) is 0 Å². The van der Waals surface area contributed by atoms with Gasteiger partial charge in [0.1, 0.15) is 5.60 Å². The van der Waals surface area contributed by atoms with Crippen LogP contribution in [-0.2, 0) is 15.7 Å². The molecular weight excluding hydrogens is 336 g/mol. The van der Waals surface area contributed by atoms with Crippen molar-refractivity contribution >= 4 is 17.1 Å². The van der Waals surface area contributed by atoms with E-state index in [2.05, 4.69) is 17.0 Å². The molecule has 0 aromatic heterocycles. The zero-order valence-electron chi connectivity index (χ0n) is 16.2. The van der Waals surface area contributed by atoms with Crippen molar-refractivity contribution in [3.8, 4) is 0 Å². The molecule has 5 nitrogen and oxygen atoms in total. The van der Waals surface area contributed by atoms with Gasteiger partial charge in [-0.1, -0.05) is 0 Å². The number of hydrogen-bond acceptors (Lipinski definition) is 3. The molecule has 2 N–H and O–H groups in total. The first-order chi connectivity index (χ1) is 11.4. The predicted molar refractivity (Wildman–Crippen MR) is 96.0 cm³/mol. The Morgan fingerprint density at radius 1 is 1.00 bits per heavy atom. The number of carbonyl (C=O) groups is 1. The first kappa shape index (κ1) is 16.5. The van der Waals surface area contributed by atoms with Crippen molar-refractivity contribution in [1.29, 1.82) is 0 Å². The van der Waals surface area contributed by atoms with E-state index in [-0.39, 0.29) is 16.4 Å². The number of nitrogens with one attached hydrogen (secondary N) is 2. The highest BCUT2D eigenvalue weighted by Gasteiger charge is 3.10. The minimum Gasteiger partial charge on any atom is -0.444 e. The molecule has 1 amide bonds. The third kappa shape index (κ3) is 1.47. The number of alkyl carbamates (subject to hydrolysis) is 1. The van der Waals surface area contributed by atoms with E-state index < -0.39 is 16.6 Å². The largest absolute Gasteiger partial charge is 0.444 e. The summed E-state index contributed by atoms with van der Waals surface area (Å²) in [5.74, 6) is 4.11. The van der Waals surface area contributed by atoms with Crippen molar-refractivity contribution in [2.75, 3.05) is 0 Å². The average Bonchev–Trinajstić information content (AvgIpc) is 2.44. The number of hydrogen-bond donors (Lipinski definition) is 2. The second-order valence-corrected chi connectivity index (χ2v) is 12.9. The molecule has 6 aliphatic carbocycles. The highest BCUT2D eigenvalue weighted by Crippen LogP contribution is 3.07. The topological polar surface area (TPSA) is 67.4 Å². The summed E-state index contributed by atoms with van der Waals surface area (Å²) < 4.78 is 21.1. The summed E-state index contributed by atoms with van der Waals surface area (Å²) in [5, 5.41) is 3.24. The number of rotatable bonds is 4. The Kier molecular flexibility index (Phi) is 2.72. The van der Waals surface area contributed by atoms with Gasteiger partial charge in [0.2, 0.25) is 0 Å². The summed E-state index contributed by atoms with van der Waals surface area (Å²) in [6.07, 6.45) is -0.253. The summed E-state index contributed by atoms with van der Waals surface area (Å²) in [5.41, 5.74) is -0.00912. The van der Waals surface area contributed by atoms with Crippen LogP contribution in [0.1, 0.15) is 48.5 Å². The molecule has 0 spiro atoms. The van der Waals surface area contributed by atoms with Crippen molar-refractivity contribution in [2.45, 2.75) is 70.4 Å². The predicted octanol–water partition coefficient (Wildman–Crippen LogP) is 2.44. The van der Waals surface area contributed by atoms with Crippen molar-refractivity contribution in [1.82, 2.24) is 10.0 Å². The van der Waals surface area contributed by atoms with E-state index in [0.717, 1.165) is 17.8 Å². The Hall–Kier alpha value is -0.620.